The van der Waals surface area contributed by atoms with Gasteiger partial charge in [-0.3, -0.25) is 5.41 Å². The van der Waals surface area contributed by atoms with Gasteiger partial charge in [-0.15, -0.1) is 0 Å². The summed E-state index contributed by atoms with van der Waals surface area (Å²) < 4.78 is 5.76. The molecule has 0 aromatic carbocycles. The monoisotopic (exact) mass is 198 g/mol. The van der Waals surface area contributed by atoms with Gasteiger partial charge in [-0.1, -0.05) is 13.3 Å². The number of nitrogens with one attached hydrogen (secondary N) is 1. The molecule has 0 aliphatic heterocycles. The van der Waals surface area contributed by atoms with E-state index in [-0.39, 0.29) is 5.41 Å². The van der Waals surface area contributed by atoms with Gasteiger partial charge in [-0.25, -0.2) is 0 Å². The molecular formula is C11H22N2O. The number of rotatable bonds is 7. The summed E-state index contributed by atoms with van der Waals surface area (Å²) in [6.45, 7) is 5.07. The van der Waals surface area contributed by atoms with Gasteiger partial charge in [0.25, 0.3) is 0 Å². The minimum absolute atomic E-state index is 0.230. The zero-order valence-corrected chi connectivity index (χ0v) is 9.31. The van der Waals surface area contributed by atoms with Crippen molar-refractivity contribution in [2.45, 2.75) is 52.1 Å². The van der Waals surface area contributed by atoms with E-state index < -0.39 is 0 Å². The van der Waals surface area contributed by atoms with Crippen molar-refractivity contribution in [1.82, 2.24) is 0 Å². The molecule has 3 heteroatoms. The molecule has 0 aromatic heterocycles. The van der Waals surface area contributed by atoms with Crippen molar-refractivity contribution in [3.05, 3.63) is 0 Å². The first kappa shape index (κ1) is 11.5. The van der Waals surface area contributed by atoms with E-state index in [9.17, 15) is 0 Å². The smallest absolute Gasteiger partial charge is 0.0911 e. The van der Waals surface area contributed by atoms with Gasteiger partial charge >= 0.3 is 0 Å². The maximum atomic E-state index is 7.28. The molecule has 1 aliphatic carbocycles. The summed E-state index contributed by atoms with van der Waals surface area (Å²) in [5, 5.41) is 7.28. The minimum atomic E-state index is 0.230. The van der Waals surface area contributed by atoms with E-state index in [2.05, 4.69) is 13.8 Å². The largest absolute Gasteiger partial charge is 0.388 e. The van der Waals surface area contributed by atoms with Crippen LogP contribution in [0.25, 0.3) is 0 Å². The van der Waals surface area contributed by atoms with E-state index in [1.54, 1.807) is 0 Å². The molecule has 0 heterocycles. The molecule has 1 fully saturated rings. The Morgan fingerprint density at radius 3 is 2.64 bits per heavy atom. The van der Waals surface area contributed by atoms with Crippen molar-refractivity contribution in [1.29, 1.82) is 5.41 Å². The van der Waals surface area contributed by atoms with Gasteiger partial charge in [0.2, 0.25) is 0 Å². The molecule has 14 heavy (non-hydrogen) atoms. The predicted molar refractivity (Wildman–Crippen MR) is 58.5 cm³/mol. The Balaban J connectivity index is 2.20. The second-order valence-electron chi connectivity index (χ2n) is 4.61. The van der Waals surface area contributed by atoms with Crippen LogP contribution in [-0.2, 0) is 4.74 Å². The highest BCUT2D eigenvalue weighted by Crippen LogP contribution is 2.49. The number of nitrogens with two attached hydrogens (primary N) is 1. The first-order chi connectivity index (χ1) is 6.58. The lowest BCUT2D eigenvalue weighted by Gasteiger charge is -2.18. The number of amidine groups is 1. The van der Waals surface area contributed by atoms with E-state index in [1.807, 2.05) is 0 Å². The predicted octanol–water partition coefficient (Wildman–Crippen LogP) is 2.30. The highest BCUT2D eigenvalue weighted by atomic mass is 16.5. The molecule has 0 spiro atoms. The molecule has 1 atom stereocenters. The average Bonchev–Trinajstić information content (AvgIpc) is 2.82. The number of hydrogen-bond donors (Lipinski definition) is 2. The first-order valence-electron chi connectivity index (χ1n) is 5.52. The van der Waals surface area contributed by atoms with Gasteiger partial charge in [-0.2, -0.15) is 0 Å². The third-order valence-electron chi connectivity index (χ3n) is 2.89. The Bertz CT molecular complexity index is 199. The van der Waals surface area contributed by atoms with Gasteiger partial charge in [-0.05, 0) is 26.2 Å². The van der Waals surface area contributed by atoms with Crippen LogP contribution in [0, 0.1) is 10.8 Å². The van der Waals surface area contributed by atoms with Crippen LogP contribution >= 0.6 is 0 Å². The van der Waals surface area contributed by atoms with Crippen molar-refractivity contribution < 1.29 is 4.74 Å². The normalized spacial score (nSPS) is 20.4. The van der Waals surface area contributed by atoms with E-state index in [0.29, 0.717) is 18.4 Å². The van der Waals surface area contributed by atoms with Crippen LogP contribution in [-0.4, -0.2) is 18.5 Å². The summed E-state index contributed by atoms with van der Waals surface area (Å²) in [6, 6.07) is 0. The van der Waals surface area contributed by atoms with Gasteiger partial charge in [0.1, 0.15) is 0 Å². The first-order valence-corrected chi connectivity index (χ1v) is 5.52. The Labute approximate surface area is 86.5 Å². The molecule has 0 amide bonds. The maximum absolute atomic E-state index is 7.28. The fourth-order valence-corrected chi connectivity index (χ4v) is 1.76. The second-order valence-corrected chi connectivity index (χ2v) is 4.61. The number of hydrogen-bond acceptors (Lipinski definition) is 2. The van der Waals surface area contributed by atoms with Crippen LogP contribution in [0.4, 0.5) is 0 Å². The topological polar surface area (TPSA) is 59.1 Å². The Hall–Kier alpha value is -0.570. The van der Waals surface area contributed by atoms with Crippen LogP contribution < -0.4 is 5.73 Å². The Morgan fingerprint density at radius 1 is 1.57 bits per heavy atom. The average molecular weight is 198 g/mol. The summed E-state index contributed by atoms with van der Waals surface area (Å²) >= 11 is 0. The lowest BCUT2D eigenvalue weighted by Crippen LogP contribution is -2.22. The van der Waals surface area contributed by atoms with Gasteiger partial charge in [0.15, 0.2) is 0 Å². The van der Waals surface area contributed by atoms with Crippen LogP contribution in [0.5, 0.6) is 0 Å². The zero-order chi connectivity index (χ0) is 10.6. The zero-order valence-electron chi connectivity index (χ0n) is 9.31. The summed E-state index contributed by atoms with van der Waals surface area (Å²) in [4.78, 5) is 0. The Kier molecular flexibility index (Phi) is 3.93. The van der Waals surface area contributed by atoms with Gasteiger partial charge in [0, 0.05) is 11.8 Å². The standard InChI is InChI=1S/C11H22N2O/c1-3-4-9(2)14-8-11(5-6-11)7-10(12)13/h9H,3-8H2,1-2H3,(H3,12,13). The number of ether oxygens (including phenoxy) is 1. The minimum Gasteiger partial charge on any atom is -0.388 e. The highest BCUT2D eigenvalue weighted by molar-refractivity contribution is 5.78. The van der Waals surface area contributed by atoms with Gasteiger partial charge < -0.3 is 10.5 Å². The molecular weight excluding hydrogens is 176 g/mol. The summed E-state index contributed by atoms with van der Waals surface area (Å²) in [7, 11) is 0. The van der Waals surface area contributed by atoms with E-state index in [1.165, 1.54) is 19.3 Å². The molecule has 82 valence electrons. The molecule has 3 nitrogen and oxygen atoms in total. The second kappa shape index (κ2) is 4.78. The molecule has 1 unspecified atom stereocenters. The van der Waals surface area contributed by atoms with E-state index in [4.69, 9.17) is 15.9 Å². The van der Waals surface area contributed by atoms with Crippen LogP contribution in [0.2, 0.25) is 0 Å². The fraction of sp³-hybridized carbons (Fsp3) is 0.909. The third kappa shape index (κ3) is 3.66. The molecule has 0 radical (unpaired) electrons. The van der Waals surface area contributed by atoms with Crippen molar-refractivity contribution in [2.24, 2.45) is 11.1 Å². The molecule has 1 rings (SSSR count). The molecule has 0 aromatic rings. The van der Waals surface area contributed by atoms with Crippen LogP contribution in [0.15, 0.2) is 0 Å². The molecule has 1 saturated carbocycles. The van der Waals surface area contributed by atoms with Crippen LogP contribution in [0.3, 0.4) is 0 Å². The summed E-state index contributed by atoms with van der Waals surface area (Å²) in [5.74, 6) is 0.300. The SMILES string of the molecule is CCCC(C)OCC1(CC(=N)N)CC1. The quantitative estimate of drug-likeness (QED) is 0.487. The van der Waals surface area contributed by atoms with Crippen molar-refractivity contribution in [3.8, 4) is 0 Å². The maximum Gasteiger partial charge on any atom is 0.0911 e. The summed E-state index contributed by atoms with van der Waals surface area (Å²) in [5.41, 5.74) is 5.64. The molecule has 3 N–H and O–H groups in total. The van der Waals surface area contributed by atoms with E-state index in [0.717, 1.165) is 13.0 Å². The summed E-state index contributed by atoms with van der Waals surface area (Å²) in [6.07, 6.45) is 5.70. The van der Waals surface area contributed by atoms with Crippen molar-refractivity contribution >= 4 is 5.84 Å². The van der Waals surface area contributed by atoms with Gasteiger partial charge in [0.05, 0.1) is 18.5 Å². The van der Waals surface area contributed by atoms with E-state index >= 15 is 0 Å². The lowest BCUT2D eigenvalue weighted by atomic mass is 10.0. The lowest BCUT2D eigenvalue weighted by molar-refractivity contribution is 0.0294. The molecule has 0 bridgehead atoms. The molecule has 0 saturated heterocycles. The fourth-order valence-electron chi connectivity index (χ4n) is 1.76. The van der Waals surface area contributed by atoms with Crippen molar-refractivity contribution in [2.75, 3.05) is 6.61 Å². The molecule has 1 aliphatic rings. The third-order valence-corrected chi connectivity index (χ3v) is 2.89. The highest BCUT2D eigenvalue weighted by Gasteiger charge is 2.43. The Morgan fingerprint density at radius 2 is 2.21 bits per heavy atom. The van der Waals surface area contributed by atoms with Crippen LogP contribution in [0.1, 0.15) is 46.0 Å². The van der Waals surface area contributed by atoms with Crippen molar-refractivity contribution in [3.63, 3.8) is 0 Å².